The minimum atomic E-state index is -4.44. The Labute approximate surface area is 140 Å². The molecule has 0 radical (unpaired) electrons. The average molecular weight is 346 g/mol. The molecule has 0 bridgehead atoms. The summed E-state index contributed by atoms with van der Waals surface area (Å²) in [4.78, 5) is 31.2. The van der Waals surface area contributed by atoms with Crippen molar-refractivity contribution in [2.45, 2.75) is 19.0 Å². The maximum Gasteiger partial charge on any atom is 0.416 e. The molecule has 0 fully saturated rings. The first kappa shape index (κ1) is 16.9. The Balaban J connectivity index is 1.64. The Bertz CT molecular complexity index is 927. The van der Waals surface area contributed by atoms with E-state index in [2.05, 4.69) is 9.97 Å². The van der Waals surface area contributed by atoms with Crippen molar-refractivity contribution < 1.29 is 22.8 Å². The molecule has 0 aliphatic carbocycles. The number of hydrogen-bond acceptors (Lipinski definition) is 3. The van der Waals surface area contributed by atoms with E-state index in [4.69, 9.17) is 0 Å². The van der Waals surface area contributed by atoms with Gasteiger partial charge in [-0.1, -0.05) is 12.1 Å². The number of H-pyrrole nitrogens is 1. The first-order valence-corrected chi connectivity index (χ1v) is 7.51. The van der Waals surface area contributed by atoms with Crippen LogP contribution in [0.25, 0.3) is 11.0 Å². The van der Waals surface area contributed by atoms with Crippen LogP contribution in [0.4, 0.5) is 13.2 Å². The number of carbonyl (C=O) groups excluding carboxylic acids is 2. The lowest BCUT2D eigenvalue weighted by Gasteiger charge is -2.07. The molecule has 0 spiro atoms. The van der Waals surface area contributed by atoms with E-state index >= 15 is 0 Å². The van der Waals surface area contributed by atoms with Crippen LogP contribution in [-0.4, -0.2) is 21.5 Å². The maximum absolute atomic E-state index is 12.5. The van der Waals surface area contributed by atoms with Crippen LogP contribution in [0.2, 0.25) is 0 Å². The van der Waals surface area contributed by atoms with E-state index in [1.54, 1.807) is 18.2 Å². The van der Waals surface area contributed by atoms with Crippen LogP contribution in [0.15, 0.2) is 48.8 Å². The summed E-state index contributed by atoms with van der Waals surface area (Å²) in [5.74, 6) is -0.582. The summed E-state index contributed by atoms with van der Waals surface area (Å²) in [5, 5.41) is 0. The molecule has 0 aliphatic heterocycles. The molecular formula is C18H13F3N2O2. The number of imidazole rings is 1. The zero-order chi connectivity index (χ0) is 18.0. The zero-order valence-corrected chi connectivity index (χ0v) is 12.9. The van der Waals surface area contributed by atoms with Crippen molar-refractivity contribution in [2.75, 3.05) is 0 Å². The zero-order valence-electron chi connectivity index (χ0n) is 12.9. The van der Waals surface area contributed by atoms with Crippen molar-refractivity contribution in [1.29, 1.82) is 0 Å². The Hall–Kier alpha value is -2.96. The fourth-order valence-corrected chi connectivity index (χ4v) is 2.47. The Morgan fingerprint density at radius 3 is 2.16 bits per heavy atom. The summed E-state index contributed by atoms with van der Waals surface area (Å²) in [7, 11) is 0. The van der Waals surface area contributed by atoms with Crippen molar-refractivity contribution in [3.63, 3.8) is 0 Å². The fraction of sp³-hybridized carbons (Fsp3) is 0.167. The van der Waals surface area contributed by atoms with Gasteiger partial charge in [0.1, 0.15) is 0 Å². The van der Waals surface area contributed by atoms with E-state index in [9.17, 15) is 22.8 Å². The largest absolute Gasteiger partial charge is 0.416 e. The minimum absolute atomic E-state index is 0.0144. The molecule has 128 valence electrons. The number of carbonyl (C=O) groups is 2. The van der Waals surface area contributed by atoms with Crippen LogP contribution in [-0.2, 0) is 6.18 Å². The van der Waals surface area contributed by atoms with E-state index in [1.807, 2.05) is 0 Å². The third kappa shape index (κ3) is 3.76. The van der Waals surface area contributed by atoms with E-state index in [0.717, 1.165) is 35.3 Å². The second kappa shape index (κ2) is 6.51. The second-order valence-corrected chi connectivity index (χ2v) is 5.56. The van der Waals surface area contributed by atoms with Gasteiger partial charge >= 0.3 is 6.18 Å². The maximum atomic E-state index is 12.5. The SMILES string of the molecule is O=C(CCC(=O)c1ccc2nc[nH]c2c1)c1ccc(C(F)(F)F)cc1. The highest BCUT2D eigenvalue weighted by Crippen LogP contribution is 2.29. The number of aromatic nitrogens is 2. The second-order valence-electron chi connectivity index (χ2n) is 5.56. The van der Waals surface area contributed by atoms with Crippen molar-refractivity contribution in [1.82, 2.24) is 9.97 Å². The summed E-state index contributed by atoms with van der Waals surface area (Å²) in [6.45, 7) is 0. The fourth-order valence-electron chi connectivity index (χ4n) is 2.47. The number of fused-ring (bicyclic) bond motifs is 1. The van der Waals surface area contributed by atoms with Gasteiger partial charge in [-0.25, -0.2) is 4.98 Å². The van der Waals surface area contributed by atoms with Gasteiger partial charge in [-0.15, -0.1) is 0 Å². The van der Waals surface area contributed by atoms with Gasteiger partial charge in [0.25, 0.3) is 0 Å². The van der Waals surface area contributed by atoms with Crippen LogP contribution in [0.5, 0.6) is 0 Å². The number of aromatic amines is 1. The Morgan fingerprint density at radius 2 is 1.52 bits per heavy atom. The Morgan fingerprint density at radius 1 is 0.920 bits per heavy atom. The lowest BCUT2D eigenvalue weighted by molar-refractivity contribution is -0.137. The van der Waals surface area contributed by atoms with Gasteiger partial charge in [-0.3, -0.25) is 9.59 Å². The quantitative estimate of drug-likeness (QED) is 0.695. The molecule has 1 aromatic heterocycles. The molecule has 0 unspecified atom stereocenters. The average Bonchev–Trinajstić information content (AvgIpc) is 3.06. The number of nitrogens with one attached hydrogen (secondary N) is 1. The predicted molar refractivity (Wildman–Crippen MR) is 85.4 cm³/mol. The molecule has 1 N–H and O–H groups in total. The molecule has 7 heteroatoms. The third-order valence-electron chi connectivity index (χ3n) is 3.86. The lowest BCUT2D eigenvalue weighted by atomic mass is 10.0. The van der Waals surface area contributed by atoms with Gasteiger partial charge in [0, 0.05) is 24.0 Å². The van der Waals surface area contributed by atoms with Gasteiger partial charge in [0.2, 0.25) is 0 Å². The number of hydrogen-bond donors (Lipinski definition) is 1. The first-order chi connectivity index (χ1) is 11.8. The molecule has 0 atom stereocenters. The van der Waals surface area contributed by atoms with Gasteiger partial charge < -0.3 is 4.98 Å². The van der Waals surface area contributed by atoms with Crippen LogP contribution in [0.1, 0.15) is 39.1 Å². The molecule has 3 rings (SSSR count). The summed E-state index contributed by atoms with van der Waals surface area (Å²) in [6.07, 6.45) is -3.00. The highest BCUT2D eigenvalue weighted by molar-refractivity contribution is 6.03. The van der Waals surface area contributed by atoms with Crippen LogP contribution < -0.4 is 0 Å². The lowest BCUT2D eigenvalue weighted by Crippen LogP contribution is -2.07. The Kier molecular flexibility index (Phi) is 4.39. The van der Waals surface area contributed by atoms with Crippen molar-refractivity contribution >= 4 is 22.6 Å². The molecule has 3 aromatic rings. The van der Waals surface area contributed by atoms with Crippen molar-refractivity contribution in [2.24, 2.45) is 0 Å². The number of nitrogens with zero attached hydrogens (tertiary/aromatic N) is 1. The van der Waals surface area contributed by atoms with Crippen LogP contribution >= 0.6 is 0 Å². The van der Waals surface area contributed by atoms with E-state index in [1.165, 1.54) is 6.33 Å². The summed E-state index contributed by atoms with van der Waals surface area (Å²) in [6, 6.07) is 8.99. The number of Topliss-reactive ketones (excluding diaryl/α,β-unsaturated/α-hetero) is 2. The molecule has 25 heavy (non-hydrogen) atoms. The molecule has 2 aromatic carbocycles. The van der Waals surface area contributed by atoms with Crippen LogP contribution in [0, 0.1) is 0 Å². The highest BCUT2D eigenvalue weighted by atomic mass is 19.4. The number of benzene rings is 2. The van der Waals surface area contributed by atoms with Gasteiger partial charge in [0.15, 0.2) is 11.6 Å². The number of halogens is 3. The van der Waals surface area contributed by atoms with Crippen LogP contribution in [0.3, 0.4) is 0 Å². The van der Waals surface area contributed by atoms with Gasteiger partial charge in [0.05, 0.1) is 22.9 Å². The summed E-state index contributed by atoms with van der Waals surface area (Å²) in [5.41, 5.74) is 1.26. The van der Waals surface area contributed by atoms with E-state index in [-0.39, 0.29) is 30.0 Å². The van der Waals surface area contributed by atoms with Crippen molar-refractivity contribution in [3.05, 3.63) is 65.5 Å². The molecule has 0 amide bonds. The highest BCUT2D eigenvalue weighted by Gasteiger charge is 2.30. The van der Waals surface area contributed by atoms with Crippen molar-refractivity contribution in [3.8, 4) is 0 Å². The van der Waals surface area contributed by atoms with Gasteiger partial charge in [-0.2, -0.15) is 13.2 Å². The standard InChI is InChI=1S/C18H13F3N2O2/c19-18(20,21)13-4-1-11(2-5-13)16(24)7-8-17(25)12-3-6-14-15(9-12)23-10-22-14/h1-6,9-10H,7-8H2,(H,22,23). The molecular weight excluding hydrogens is 333 g/mol. The molecule has 1 heterocycles. The van der Waals surface area contributed by atoms with Gasteiger partial charge in [-0.05, 0) is 30.3 Å². The number of ketones is 2. The molecule has 0 aliphatic rings. The van der Waals surface area contributed by atoms with E-state index < -0.39 is 11.7 Å². The predicted octanol–water partition coefficient (Wildman–Crippen LogP) is 4.43. The minimum Gasteiger partial charge on any atom is -0.345 e. The summed E-state index contributed by atoms with van der Waals surface area (Å²) < 4.78 is 37.5. The molecule has 4 nitrogen and oxygen atoms in total. The number of alkyl halides is 3. The molecule has 0 saturated carbocycles. The smallest absolute Gasteiger partial charge is 0.345 e. The third-order valence-corrected chi connectivity index (χ3v) is 3.86. The number of rotatable bonds is 5. The molecule has 0 saturated heterocycles. The first-order valence-electron chi connectivity index (χ1n) is 7.51. The summed E-state index contributed by atoms with van der Waals surface area (Å²) >= 11 is 0. The monoisotopic (exact) mass is 346 g/mol. The normalized spacial score (nSPS) is 11.6. The van der Waals surface area contributed by atoms with E-state index in [0.29, 0.717) is 5.56 Å². The topological polar surface area (TPSA) is 62.8 Å².